The lowest BCUT2D eigenvalue weighted by Crippen LogP contribution is -2.12. The molecule has 0 N–H and O–H groups in total. The second-order valence-electron chi connectivity index (χ2n) is 17.6. The maximum absolute atomic E-state index is 6.77. The lowest BCUT2D eigenvalue weighted by Gasteiger charge is -2.30. The Morgan fingerprint density at radius 3 is 1.62 bits per heavy atom. The predicted octanol–water partition coefficient (Wildman–Crippen LogP) is 18.5. The zero-order chi connectivity index (χ0) is 45.7. The Morgan fingerprint density at radius 1 is 0.304 bits per heavy atom. The molecule has 324 valence electrons. The number of benzene rings is 11. The summed E-state index contributed by atoms with van der Waals surface area (Å²) in [5.74, 6) is 0. The van der Waals surface area contributed by atoms with Crippen LogP contribution in [-0.2, 0) is 0 Å². The van der Waals surface area contributed by atoms with Crippen LogP contribution in [0.4, 0.5) is 17.1 Å². The highest BCUT2D eigenvalue weighted by atomic mass is 16.3. The van der Waals surface area contributed by atoms with Gasteiger partial charge in [-0.2, -0.15) is 0 Å². The minimum atomic E-state index is 0.877. The maximum atomic E-state index is 6.77. The largest absolute Gasteiger partial charge is 0.455 e. The van der Waals surface area contributed by atoms with Crippen LogP contribution in [0.25, 0.3) is 105 Å². The standard InChI is InChI=1S/C66H44N2O/c1-4-18-45(19-5-1)48-22-14-24-51(42-48)65-57(59-32-16-31-58-56-29-11-13-35-64(56)69-66(58)59)30-17-34-63(65)67(54-27-15-23-49(43-54)46-20-6-2-7-21-46)53-39-36-47(37-40-53)50-38-41-62-60(44-50)55-28-10-12-33-61(55)68(62)52-25-8-3-9-26-52/h1-44H. The molecule has 0 aliphatic carbocycles. The van der Waals surface area contributed by atoms with E-state index in [2.05, 4.69) is 270 Å². The van der Waals surface area contributed by atoms with Crippen molar-refractivity contribution in [3.8, 4) is 61.3 Å². The topological polar surface area (TPSA) is 21.3 Å². The van der Waals surface area contributed by atoms with Crippen molar-refractivity contribution in [1.82, 2.24) is 4.57 Å². The molecule has 2 aromatic heterocycles. The van der Waals surface area contributed by atoms with Gasteiger partial charge in [-0.05, 0) is 117 Å². The van der Waals surface area contributed by atoms with E-state index in [1.54, 1.807) is 0 Å². The van der Waals surface area contributed by atoms with Crippen molar-refractivity contribution in [3.05, 3.63) is 267 Å². The van der Waals surface area contributed by atoms with Crippen LogP contribution in [0.3, 0.4) is 0 Å². The summed E-state index contributed by atoms with van der Waals surface area (Å²) in [6, 6.07) is 96.2. The first-order valence-electron chi connectivity index (χ1n) is 23.6. The third kappa shape index (κ3) is 7.08. The van der Waals surface area contributed by atoms with Gasteiger partial charge in [0.15, 0.2) is 0 Å². The fourth-order valence-corrected chi connectivity index (χ4v) is 10.4. The average Bonchev–Trinajstić information content (AvgIpc) is 3.98. The Balaban J connectivity index is 1.02. The Bertz CT molecular complexity index is 4000. The van der Waals surface area contributed by atoms with E-state index < -0.39 is 0 Å². The van der Waals surface area contributed by atoms with Crippen molar-refractivity contribution in [3.63, 3.8) is 0 Å². The molecule has 2 heterocycles. The molecule has 13 aromatic rings. The summed E-state index contributed by atoms with van der Waals surface area (Å²) >= 11 is 0. The molecule has 0 saturated heterocycles. The summed E-state index contributed by atoms with van der Waals surface area (Å²) < 4.78 is 9.14. The molecule has 11 aromatic carbocycles. The lowest BCUT2D eigenvalue weighted by atomic mass is 9.89. The van der Waals surface area contributed by atoms with E-state index in [1.165, 1.54) is 38.5 Å². The van der Waals surface area contributed by atoms with E-state index in [0.29, 0.717) is 0 Å². The zero-order valence-electron chi connectivity index (χ0n) is 37.7. The number of furan rings is 1. The van der Waals surface area contributed by atoms with Gasteiger partial charge in [0.05, 0.1) is 16.7 Å². The third-order valence-corrected chi connectivity index (χ3v) is 13.6. The van der Waals surface area contributed by atoms with Gasteiger partial charge in [-0.3, -0.25) is 0 Å². The SMILES string of the molecule is c1ccc(-c2cccc(-c3c(-c4cccc5c4oc4ccccc45)cccc3N(c3ccc(-c4ccc5c(c4)c4ccccc4n5-c4ccccc4)cc3)c3cccc(-c4ccccc4)c3)c2)cc1. The van der Waals surface area contributed by atoms with Gasteiger partial charge in [-0.1, -0.05) is 194 Å². The van der Waals surface area contributed by atoms with E-state index >= 15 is 0 Å². The molecular weight excluding hydrogens is 837 g/mol. The van der Waals surface area contributed by atoms with Gasteiger partial charge in [0.2, 0.25) is 0 Å². The zero-order valence-corrected chi connectivity index (χ0v) is 37.7. The fourth-order valence-electron chi connectivity index (χ4n) is 10.4. The first-order valence-corrected chi connectivity index (χ1v) is 23.6. The normalized spacial score (nSPS) is 11.5. The van der Waals surface area contributed by atoms with Gasteiger partial charge < -0.3 is 13.9 Å². The van der Waals surface area contributed by atoms with Gasteiger partial charge in [0.25, 0.3) is 0 Å². The number of para-hydroxylation sites is 4. The molecule has 0 aliphatic heterocycles. The summed E-state index contributed by atoms with van der Waals surface area (Å²) in [5, 5.41) is 4.68. The van der Waals surface area contributed by atoms with Crippen LogP contribution in [0.2, 0.25) is 0 Å². The van der Waals surface area contributed by atoms with Crippen molar-refractivity contribution >= 4 is 60.8 Å². The molecule has 0 spiro atoms. The van der Waals surface area contributed by atoms with Crippen LogP contribution in [0.1, 0.15) is 0 Å². The quantitative estimate of drug-likeness (QED) is 0.144. The third-order valence-electron chi connectivity index (χ3n) is 13.6. The lowest BCUT2D eigenvalue weighted by molar-refractivity contribution is 0.670. The summed E-state index contributed by atoms with van der Waals surface area (Å²) in [5.41, 5.74) is 19.8. The number of fused-ring (bicyclic) bond motifs is 6. The summed E-state index contributed by atoms with van der Waals surface area (Å²) in [4.78, 5) is 2.43. The monoisotopic (exact) mass is 880 g/mol. The van der Waals surface area contributed by atoms with Gasteiger partial charge in [0, 0.05) is 49.7 Å². The molecule has 0 saturated carbocycles. The molecule has 0 bridgehead atoms. The van der Waals surface area contributed by atoms with Crippen LogP contribution in [0, 0.1) is 0 Å². The van der Waals surface area contributed by atoms with Crippen LogP contribution in [0.15, 0.2) is 271 Å². The molecule has 69 heavy (non-hydrogen) atoms. The fraction of sp³-hybridized carbons (Fsp3) is 0. The van der Waals surface area contributed by atoms with Crippen LogP contribution in [0.5, 0.6) is 0 Å². The number of nitrogens with zero attached hydrogens (tertiary/aromatic N) is 2. The Labute approximate surface area is 401 Å². The molecule has 3 heteroatoms. The number of hydrogen-bond donors (Lipinski definition) is 0. The number of anilines is 3. The predicted molar refractivity (Wildman–Crippen MR) is 290 cm³/mol. The average molecular weight is 881 g/mol. The van der Waals surface area contributed by atoms with E-state index in [0.717, 1.165) is 83.6 Å². The minimum absolute atomic E-state index is 0.877. The van der Waals surface area contributed by atoms with Gasteiger partial charge in [0.1, 0.15) is 11.2 Å². The van der Waals surface area contributed by atoms with Gasteiger partial charge in [-0.25, -0.2) is 0 Å². The molecule has 0 amide bonds. The molecular formula is C66H44N2O. The molecule has 0 atom stereocenters. The first-order chi connectivity index (χ1) is 34.2. The minimum Gasteiger partial charge on any atom is -0.455 e. The molecule has 0 unspecified atom stereocenters. The van der Waals surface area contributed by atoms with Crippen molar-refractivity contribution in [1.29, 1.82) is 0 Å². The summed E-state index contributed by atoms with van der Waals surface area (Å²) in [7, 11) is 0. The Hall–Kier alpha value is -9.18. The van der Waals surface area contributed by atoms with Crippen LogP contribution in [-0.4, -0.2) is 4.57 Å². The highest BCUT2D eigenvalue weighted by Crippen LogP contribution is 2.49. The van der Waals surface area contributed by atoms with Crippen LogP contribution < -0.4 is 4.90 Å². The van der Waals surface area contributed by atoms with E-state index in [-0.39, 0.29) is 0 Å². The van der Waals surface area contributed by atoms with E-state index in [1.807, 2.05) is 6.07 Å². The smallest absolute Gasteiger partial charge is 0.143 e. The Morgan fingerprint density at radius 2 is 0.841 bits per heavy atom. The highest BCUT2D eigenvalue weighted by molar-refractivity contribution is 6.12. The number of aromatic nitrogens is 1. The second-order valence-corrected chi connectivity index (χ2v) is 17.6. The van der Waals surface area contributed by atoms with Crippen molar-refractivity contribution in [2.45, 2.75) is 0 Å². The molecule has 13 rings (SSSR count). The summed E-state index contributed by atoms with van der Waals surface area (Å²) in [6.45, 7) is 0. The Kier molecular flexibility index (Phi) is 9.84. The highest BCUT2D eigenvalue weighted by Gasteiger charge is 2.24. The van der Waals surface area contributed by atoms with Gasteiger partial charge in [-0.15, -0.1) is 0 Å². The molecule has 0 aliphatic rings. The first kappa shape index (κ1) is 40.1. The molecule has 0 fully saturated rings. The second kappa shape index (κ2) is 16.9. The molecule has 0 radical (unpaired) electrons. The number of hydrogen-bond acceptors (Lipinski definition) is 2. The van der Waals surface area contributed by atoms with Crippen molar-refractivity contribution in [2.24, 2.45) is 0 Å². The van der Waals surface area contributed by atoms with E-state index in [4.69, 9.17) is 4.42 Å². The van der Waals surface area contributed by atoms with E-state index in [9.17, 15) is 0 Å². The van der Waals surface area contributed by atoms with Gasteiger partial charge >= 0.3 is 0 Å². The molecule has 3 nitrogen and oxygen atoms in total. The van der Waals surface area contributed by atoms with Crippen LogP contribution >= 0.6 is 0 Å². The summed E-state index contributed by atoms with van der Waals surface area (Å²) in [6.07, 6.45) is 0. The van der Waals surface area contributed by atoms with Crippen molar-refractivity contribution in [2.75, 3.05) is 4.90 Å². The maximum Gasteiger partial charge on any atom is 0.143 e. The van der Waals surface area contributed by atoms with Crippen molar-refractivity contribution < 1.29 is 4.42 Å². The number of rotatable bonds is 9.